The summed E-state index contributed by atoms with van der Waals surface area (Å²) in [5.41, 5.74) is 8.24. The molecule has 3 amide bonds. The first-order chi connectivity index (χ1) is 19.8. The van der Waals surface area contributed by atoms with Crippen LogP contribution in [0.4, 0.5) is 0 Å². The molecule has 2 aromatic carbocycles. The van der Waals surface area contributed by atoms with Crippen LogP contribution in [0.3, 0.4) is 0 Å². The van der Waals surface area contributed by atoms with Gasteiger partial charge in [-0.05, 0) is 55.0 Å². The van der Waals surface area contributed by atoms with Gasteiger partial charge in [0, 0.05) is 23.5 Å². The van der Waals surface area contributed by atoms with Gasteiger partial charge in [-0.1, -0.05) is 44.2 Å². The highest BCUT2D eigenvalue weighted by molar-refractivity contribution is 5.95. The number of hydrogen-bond acceptors (Lipinski definition) is 7. The standard InChI is InChI=1S/C30H39N5O7/c1-16(2)12-25(30(41)42)34-28(39)24(14-19-15-32-23-7-5-4-6-21(19)23)33-29(40)26(17(3)36)35-27(38)22(31)13-18-8-10-20(37)11-9-18/h4-11,15-17,22,24-26,32,36-37H,12-14,31H2,1-3H3,(H,33,40)(H,34,39)(H,35,38)(H,41,42). The minimum absolute atomic E-state index is 0.0104. The molecule has 0 aliphatic carbocycles. The Morgan fingerprint density at radius 3 is 2.12 bits per heavy atom. The van der Waals surface area contributed by atoms with Gasteiger partial charge in [-0.25, -0.2) is 4.79 Å². The van der Waals surface area contributed by atoms with Crippen LogP contribution in [0.25, 0.3) is 10.9 Å². The minimum atomic E-state index is -1.45. The Morgan fingerprint density at radius 1 is 0.857 bits per heavy atom. The average molecular weight is 582 g/mol. The Labute approximate surface area is 243 Å². The second kappa shape index (κ2) is 14.5. The highest BCUT2D eigenvalue weighted by Crippen LogP contribution is 2.20. The maximum Gasteiger partial charge on any atom is 0.326 e. The van der Waals surface area contributed by atoms with Gasteiger partial charge in [0.25, 0.3) is 0 Å². The van der Waals surface area contributed by atoms with Crippen molar-refractivity contribution >= 4 is 34.6 Å². The van der Waals surface area contributed by atoms with E-state index in [0.29, 0.717) is 11.1 Å². The van der Waals surface area contributed by atoms with Gasteiger partial charge in [0.05, 0.1) is 12.1 Å². The number of fused-ring (bicyclic) bond motifs is 1. The molecule has 1 aromatic heterocycles. The van der Waals surface area contributed by atoms with Gasteiger partial charge in [0.2, 0.25) is 17.7 Å². The first kappa shape index (κ1) is 32.1. The Hall–Kier alpha value is -4.42. The number of aliphatic hydroxyl groups is 1. The third-order valence-electron chi connectivity index (χ3n) is 6.84. The summed E-state index contributed by atoms with van der Waals surface area (Å²) in [7, 11) is 0. The second-order valence-electron chi connectivity index (χ2n) is 10.9. The number of aliphatic hydroxyl groups excluding tert-OH is 1. The van der Waals surface area contributed by atoms with Crippen molar-refractivity contribution < 1.29 is 34.5 Å². The highest BCUT2D eigenvalue weighted by atomic mass is 16.4. The fourth-order valence-corrected chi connectivity index (χ4v) is 4.60. The molecule has 0 aliphatic rings. The number of phenolic OH excluding ortho intramolecular Hbond substituents is 1. The van der Waals surface area contributed by atoms with Gasteiger partial charge in [0.15, 0.2) is 0 Å². The van der Waals surface area contributed by atoms with Crippen LogP contribution in [0.5, 0.6) is 5.75 Å². The molecule has 0 fully saturated rings. The predicted octanol–water partition coefficient (Wildman–Crippen LogP) is 0.952. The SMILES string of the molecule is CC(C)CC(NC(=O)C(Cc1c[nH]c2ccccc12)NC(=O)C(NC(=O)C(N)Cc1ccc(O)cc1)C(C)O)C(=O)O. The molecule has 3 rings (SSSR count). The van der Waals surface area contributed by atoms with E-state index in [0.717, 1.165) is 10.9 Å². The molecule has 0 spiro atoms. The number of carbonyl (C=O) groups is 4. The molecular formula is C30H39N5O7. The Kier molecular flexibility index (Phi) is 11.1. The molecule has 226 valence electrons. The van der Waals surface area contributed by atoms with Gasteiger partial charge in [-0.3, -0.25) is 14.4 Å². The van der Waals surface area contributed by atoms with Gasteiger partial charge in [0.1, 0.15) is 23.9 Å². The third kappa shape index (κ3) is 8.79. The van der Waals surface area contributed by atoms with Crippen molar-refractivity contribution in [2.24, 2.45) is 11.7 Å². The van der Waals surface area contributed by atoms with E-state index in [1.807, 2.05) is 38.1 Å². The number of rotatable bonds is 14. The van der Waals surface area contributed by atoms with Crippen LogP contribution in [0.2, 0.25) is 0 Å². The zero-order chi connectivity index (χ0) is 31.0. The maximum atomic E-state index is 13.4. The number of aromatic hydroxyl groups is 1. The molecule has 5 unspecified atom stereocenters. The van der Waals surface area contributed by atoms with Gasteiger partial charge >= 0.3 is 5.97 Å². The van der Waals surface area contributed by atoms with Crippen molar-refractivity contribution in [2.75, 3.05) is 0 Å². The molecule has 12 heteroatoms. The maximum absolute atomic E-state index is 13.4. The van der Waals surface area contributed by atoms with E-state index in [1.165, 1.54) is 19.1 Å². The number of nitrogens with two attached hydrogens (primary N) is 1. The molecule has 1 heterocycles. The zero-order valence-electron chi connectivity index (χ0n) is 23.8. The Morgan fingerprint density at radius 2 is 1.50 bits per heavy atom. The topological polar surface area (TPSA) is 207 Å². The summed E-state index contributed by atoms with van der Waals surface area (Å²) in [5, 5.41) is 37.9. The number of para-hydroxylation sites is 1. The highest BCUT2D eigenvalue weighted by Gasteiger charge is 2.33. The van der Waals surface area contributed by atoms with Crippen LogP contribution in [0, 0.1) is 5.92 Å². The molecule has 9 N–H and O–H groups in total. The van der Waals surface area contributed by atoms with E-state index in [4.69, 9.17) is 5.73 Å². The average Bonchev–Trinajstić information content (AvgIpc) is 3.34. The first-order valence-corrected chi connectivity index (χ1v) is 13.8. The number of phenols is 1. The number of aliphatic carboxylic acids is 1. The molecule has 12 nitrogen and oxygen atoms in total. The number of aromatic amines is 1. The number of carboxylic acid groups (broad SMARTS) is 1. The van der Waals surface area contributed by atoms with Gasteiger partial charge in [-0.2, -0.15) is 0 Å². The molecule has 5 atom stereocenters. The van der Waals surface area contributed by atoms with E-state index < -0.39 is 54.0 Å². The van der Waals surface area contributed by atoms with Crippen molar-refractivity contribution in [2.45, 2.75) is 70.3 Å². The molecule has 0 saturated carbocycles. The van der Waals surface area contributed by atoms with E-state index >= 15 is 0 Å². The summed E-state index contributed by atoms with van der Waals surface area (Å²) < 4.78 is 0. The van der Waals surface area contributed by atoms with Crippen LogP contribution < -0.4 is 21.7 Å². The number of H-pyrrole nitrogens is 1. The van der Waals surface area contributed by atoms with Gasteiger partial charge < -0.3 is 42.0 Å². The zero-order valence-corrected chi connectivity index (χ0v) is 23.8. The minimum Gasteiger partial charge on any atom is -0.508 e. The Balaban J connectivity index is 1.79. The second-order valence-corrected chi connectivity index (χ2v) is 10.9. The Bertz CT molecular complexity index is 1390. The number of hydrogen-bond donors (Lipinski definition) is 8. The quantitative estimate of drug-likeness (QED) is 0.137. The lowest BCUT2D eigenvalue weighted by Crippen LogP contribution is -2.60. The fraction of sp³-hybridized carbons (Fsp3) is 0.400. The molecule has 0 radical (unpaired) electrons. The predicted molar refractivity (Wildman–Crippen MR) is 156 cm³/mol. The summed E-state index contributed by atoms with van der Waals surface area (Å²) in [6, 6.07) is 8.60. The van der Waals surface area contributed by atoms with Crippen molar-refractivity contribution in [1.29, 1.82) is 0 Å². The molecular weight excluding hydrogens is 542 g/mol. The van der Waals surface area contributed by atoms with E-state index in [2.05, 4.69) is 20.9 Å². The summed E-state index contributed by atoms with van der Waals surface area (Å²) >= 11 is 0. The number of carboxylic acids is 1. The molecule has 42 heavy (non-hydrogen) atoms. The smallest absolute Gasteiger partial charge is 0.326 e. The van der Waals surface area contributed by atoms with Crippen LogP contribution in [0.1, 0.15) is 38.3 Å². The molecule has 0 saturated heterocycles. The van der Waals surface area contributed by atoms with Crippen molar-refractivity contribution in [3.63, 3.8) is 0 Å². The number of nitrogens with one attached hydrogen (secondary N) is 4. The normalized spacial score (nSPS) is 14.9. The number of benzene rings is 2. The van der Waals surface area contributed by atoms with Crippen molar-refractivity contribution in [1.82, 2.24) is 20.9 Å². The van der Waals surface area contributed by atoms with Crippen LogP contribution in [-0.4, -0.2) is 74.3 Å². The largest absolute Gasteiger partial charge is 0.508 e. The summed E-state index contributed by atoms with van der Waals surface area (Å²) in [5.74, 6) is -3.43. The lowest BCUT2D eigenvalue weighted by Gasteiger charge is -2.26. The van der Waals surface area contributed by atoms with E-state index in [1.54, 1.807) is 18.3 Å². The molecule has 3 aromatic rings. The van der Waals surface area contributed by atoms with E-state index in [9.17, 15) is 34.5 Å². The third-order valence-corrected chi connectivity index (χ3v) is 6.84. The number of amides is 3. The van der Waals surface area contributed by atoms with Gasteiger partial charge in [-0.15, -0.1) is 0 Å². The fourth-order valence-electron chi connectivity index (χ4n) is 4.60. The number of carbonyl (C=O) groups excluding carboxylic acids is 3. The van der Waals surface area contributed by atoms with Crippen molar-refractivity contribution in [3.05, 3.63) is 65.9 Å². The summed E-state index contributed by atoms with van der Waals surface area (Å²) in [4.78, 5) is 54.6. The lowest BCUT2D eigenvalue weighted by atomic mass is 10.0. The van der Waals surface area contributed by atoms with E-state index in [-0.39, 0.29) is 30.9 Å². The summed E-state index contributed by atoms with van der Waals surface area (Å²) in [6.07, 6.45) is 0.657. The van der Waals surface area contributed by atoms with Crippen LogP contribution >= 0.6 is 0 Å². The monoisotopic (exact) mass is 581 g/mol. The van der Waals surface area contributed by atoms with Crippen LogP contribution in [0.15, 0.2) is 54.7 Å². The molecule has 0 bridgehead atoms. The number of aromatic nitrogens is 1. The first-order valence-electron chi connectivity index (χ1n) is 13.8. The lowest BCUT2D eigenvalue weighted by molar-refractivity contribution is -0.143. The molecule has 0 aliphatic heterocycles. The summed E-state index contributed by atoms with van der Waals surface area (Å²) in [6.45, 7) is 4.97. The van der Waals surface area contributed by atoms with Crippen LogP contribution in [-0.2, 0) is 32.0 Å². The van der Waals surface area contributed by atoms with Crippen molar-refractivity contribution in [3.8, 4) is 5.75 Å².